The molecular weight excluding hydrogens is 320 g/mol. The van der Waals surface area contributed by atoms with Crippen LogP contribution in [-0.2, 0) is 20.0 Å². The Hall–Kier alpha value is -1.89. The molecule has 2 N–H and O–H groups in total. The lowest BCUT2D eigenvalue weighted by atomic mass is 10.2. The molecule has 0 saturated heterocycles. The van der Waals surface area contributed by atoms with E-state index in [1.807, 2.05) is 18.7 Å². The summed E-state index contributed by atoms with van der Waals surface area (Å²) >= 11 is 1.77. The predicted octanol–water partition coefficient (Wildman–Crippen LogP) is 2.41. The van der Waals surface area contributed by atoms with Crippen LogP contribution in [0.25, 0.3) is 0 Å². The van der Waals surface area contributed by atoms with Crippen molar-refractivity contribution in [1.82, 2.24) is 25.4 Å². The van der Waals surface area contributed by atoms with E-state index in [9.17, 15) is 0 Å². The van der Waals surface area contributed by atoms with Gasteiger partial charge in [-0.05, 0) is 34.6 Å². The maximum atomic E-state index is 4.71. The summed E-state index contributed by atoms with van der Waals surface area (Å²) in [5.41, 5.74) is 4.56. The number of guanidine groups is 1. The second-order valence-electron chi connectivity index (χ2n) is 5.89. The average molecular weight is 349 g/mol. The molecular formula is C17H28N6S. The molecule has 0 saturated carbocycles. The van der Waals surface area contributed by atoms with E-state index in [2.05, 4.69) is 48.4 Å². The van der Waals surface area contributed by atoms with Crippen molar-refractivity contribution in [1.29, 1.82) is 0 Å². The van der Waals surface area contributed by atoms with Crippen LogP contribution in [0.2, 0.25) is 0 Å². The van der Waals surface area contributed by atoms with Gasteiger partial charge >= 0.3 is 0 Å². The first-order valence-corrected chi connectivity index (χ1v) is 9.18. The quantitative estimate of drug-likeness (QED) is 0.621. The average Bonchev–Trinajstić information content (AvgIpc) is 2.96. The van der Waals surface area contributed by atoms with Crippen LogP contribution in [0, 0.1) is 27.7 Å². The Labute approximate surface area is 148 Å². The number of aromatic nitrogens is 3. The molecule has 0 spiro atoms. The van der Waals surface area contributed by atoms with Gasteiger partial charge in [-0.2, -0.15) is 5.10 Å². The molecule has 2 aromatic rings. The highest BCUT2D eigenvalue weighted by atomic mass is 32.1. The zero-order valence-corrected chi connectivity index (χ0v) is 16.3. The number of aliphatic imine (C=N–C) groups is 1. The van der Waals surface area contributed by atoms with Crippen molar-refractivity contribution in [2.75, 3.05) is 13.1 Å². The Morgan fingerprint density at radius 3 is 2.46 bits per heavy atom. The smallest absolute Gasteiger partial charge is 0.191 e. The maximum absolute atomic E-state index is 4.71. The third-order valence-corrected chi connectivity index (χ3v) is 5.18. The summed E-state index contributed by atoms with van der Waals surface area (Å²) in [7, 11) is 1.97. The van der Waals surface area contributed by atoms with Crippen molar-refractivity contribution in [3.05, 3.63) is 32.5 Å². The predicted molar refractivity (Wildman–Crippen MR) is 101 cm³/mol. The zero-order valence-electron chi connectivity index (χ0n) is 15.5. The van der Waals surface area contributed by atoms with Crippen LogP contribution in [0.4, 0.5) is 0 Å². The maximum Gasteiger partial charge on any atom is 0.191 e. The molecule has 0 aromatic carbocycles. The monoisotopic (exact) mass is 348 g/mol. The molecule has 2 heterocycles. The van der Waals surface area contributed by atoms with Crippen LogP contribution < -0.4 is 10.6 Å². The molecule has 2 rings (SSSR count). The van der Waals surface area contributed by atoms with Crippen LogP contribution >= 0.6 is 11.3 Å². The second kappa shape index (κ2) is 8.28. The highest BCUT2D eigenvalue weighted by Gasteiger charge is 2.09. The lowest BCUT2D eigenvalue weighted by molar-refractivity contribution is 0.730. The van der Waals surface area contributed by atoms with Crippen LogP contribution in [0.3, 0.4) is 0 Å². The largest absolute Gasteiger partial charge is 0.357 e. The molecule has 0 unspecified atom stereocenters. The van der Waals surface area contributed by atoms with E-state index >= 15 is 0 Å². The Balaban J connectivity index is 1.96. The standard InChI is InChI=1S/C17H28N6S/c1-7-18-17(19-9-8-16-12(3)21-14(5)24-16)20-10-15-11(2)22-23(6)13(15)4/h7-10H2,1-6H3,(H2,18,19,20). The third kappa shape index (κ3) is 4.56. The highest BCUT2D eigenvalue weighted by molar-refractivity contribution is 7.11. The van der Waals surface area contributed by atoms with E-state index in [1.54, 1.807) is 11.3 Å². The van der Waals surface area contributed by atoms with Crippen molar-refractivity contribution in [3.63, 3.8) is 0 Å². The molecule has 0 radical (unpaired) electrons. The van der Waals surface area contributed by atoms with Crippen LogP contribution in [0.15, 0.2) is 4.99 Å². The van der Waals surface area contributed by atoms with E-state index in [0.717, 1.165) is 41.9 Å². The molecule has 132 valence electrons. The molecule has 2 aromatic heterocycles. The number of nitrogens with one attached hydrogen (secondary N) is 2. The third-order valence-electron chi connectivity index (χ3n) is 4.04. The molecule has 6 nitrogen and oxygen atoms in total. The van der Waals surface area contributed by atoms with Crippen LogP contribution in [0.5, 0.6) is 0 Å². The Kier molecular flexibility index (Phi) is 6.36. The summed E-state index contributed by atoms with van der Waals surface area (Å²) in [6.07, 6.45) is 0.965. The summed E-state index contributed by atoms with van der Waals surface area (Å²) in [6.45, 7) is 12.7. The molecule has 0 atom stereocenters. The first kappa shape index (κ1) is 18.4. The molecule has 0 amide bonds. The van der Waals surface area contributed by atoms with Crippen LogP contribution in [0.1, 0.15) is 39.5 Å². The van der Waals surface area contributed by atoms with Gasteiger partial charge < -0.3 is 10.6 Å². The van der Waals surface area contributed by atoms with Gasteiger partial charge in [0.05, 0.1) is 22.9 Å². The van der Waals surface area contributed by atoms with Gasteiger partial charge in [0, 0.05) is 42.7 Å². The summed E-state index contributed by atoms with van der Waals surface area (Å²) in [6, 6.07) is 0. The molecule has 0 fully saturated rings. The van der Waals surface area contributed by atoms with Crippen molar-refractivity contribution in [3.8, 4) is 0 Å². The lowest BCUT2D eigenvalue weighted by Crippen LogP contribution is -2.38. The van der Waals surface area contributed by atoms with Gasteiger partial charge in [-0.15, -0.1) is 11.3 Å². The number of hydrogen-bond donors (Lipinski definition) is 2. The second-order valence-corrected chi connectivity index (χ2v) is 7.17. The van der Waals surface area contributed by atoms with Crippen molar-refractivity contribution < 1.29 is 0 Å². The van der Waals surface area contributed by atoms with Gasteiger partial charge in [-0.3, -0.25) is 4.68 Å². The highest BCUT2D eigenvalue weighted by Crippen LogP contribution is 2.17. The minimum absolute atomic E-state index is 0.638. The van der Waals surface area contributed by atoms with Crippen molar-refractivity contribution in [2.24, 2.45) is 12.0 Å². The topological polar surface area (TPSA) is 67.1 Å². The first-order chi connectivity index (χ1) is 11.4. The lowest BCUT2D eigenvalue weighted by Gasteiger charge is -2.11. The van der Waals surface area contributed by atoms with Crippen molar-refractivity contribution >= 4 is 17.3 Å². The van der Waals surface area contributed by atoms with Crippen molar-refractivity contribution in [2.45, 2.75) is 47.6 Å². The van der Waals surface area contributed by atoms with Gasteiger partial charge in [0.1, 0.15) is 0 Å². The molecule has 24 heavy (non-hydrogen) atoms. The minimum atomic E-state index is 0.638. The van der Waals surface area contributed by atoms with Gasteiger partial charge in [-0.25, -0.2) is 9.98 Å². The normalized spacial score (nSPS) is 11.8. The van der Waals surface area contributed by atoms with E-state index in [0.29, 0.717) is 6.54 Å². The number of rotatable bonds is 6. The summed E-state index contributed by atoms with van der Waals surface area (Å²) in [5, 5.41) is 12.3. The summed E-state index contributed by atoms with van der Waals surface area (Å²) < 4.78 is 1.91. The molecule has 7 heteroatoms. The number of nitrogens with zero attached hydrogens (tertiary/aromatic N) is 4. The minimum Gasteiger partial charge on any atom is -0.357 e. The fourth-order valence-electron chi connectivity index (χ4n) is 2.65. The first-order valence-electron chi connectivity index (χ1n) is 8.36. The Bertz CT molecular complexity index is 713. The van der Waals surface area contributed by atoms with E-state index in [1.165, 1.54) is 16.1 Å². The Morgan fingerprint density at radius 1 is 1.17 bits per heavy atom. The zero-order chi connectivity index (χ0) is 17.7. The molecule has 0 aliphatic carbocycles. The van der Waals surface area contributed by atoms with Gasteiger partial charge in [-0.1, -0.05) is 0 Å². The number of hydrogen-bond acceptors (Lipinski definition) is 4. The fraction of sp³-hybridized carbons (Fsp3) is 0.588. The van der Waals surface area contributed by atoms with Gasteiger partial charge in [0.15, 0.2) is 5.96 Å². The molecule has 0 aliphatic rings. The Morgan fingerprint density at radius 2 is 1.92 bits per heavy atom. The van der Waals surface area contributed by atoms with E-state index in [4.69, 9.17) is 4.99 Å². The molecule has 0 bridgehead atoms. The fourth-order valence-corrected chi connectivity index (χ4v) is 3.58. The van der Waals surface area contributed by atoms with E-state index < -0.39 is 0 Å². The number of aryl methyl sites for hydroxylation is 4. The summed E-state index contributed by atoms with van der Waals surface area (Å²) in [5.74, 6) is 0.846. The van der Waals surface area contributed by atoms with E-state index in [-0.39, 0.29) is 0 Å². The summed E-state index contributed by atoms with van der Waals surface area (Å²) in [4.78, 5) is 10.5. The number of thiazole rings is 1. The van der Waals surface area contributed by atoms with Gasteiger partial charge in [0.25, 0.3) is 0 Å². The molecule has 0 aliphatic heterocycles. The van der Waals surface area contributed by atoms with Gasteiger partial charge in [0.2, 0.25) is 0 Å². The SMILES string of the molecule is CCNC(=NCc1c(C)nn(C)c1C)NCCc1sc(C)nc1C. The van der Waals surface area contributed by atoms with Crippen LogP contribution in [-0.4, -0.2) is 33.8 Å².